The van der Waals surface area contributed by atoms with Crippen molar-refractivity contribution < 1.29 is 19.2 Å². The molecule has 3 aliphatic rings. The molecule has 3 atom stereocenters. The van der Waals surface area contributed by atoms with Crippen LogP contribution in [0.5, 0.6) is 0 Å². The Kier molecular flexibility index (Phi) is 5.36. The first-order valence-corrected chi connectivity index (χ1v) is 10.2. The number of benzene rings is 1. The molecule has 1 aliphatic carbocycles. The van der Waals surface area contributed by atoms with E-state index in [4.69, 9.17) is 5.73 Å². The first-order valence-electron chi connectivity index (χ1n) is 10.2. The van der Waals surface area contributed by atoms with Gasteiger partial charge < -0.3 is 16.0 Å². The van der Waals surface area contributed by atoms with Crippen molar-refractivity contribution in [2.24, 2.45) is 11.7 Å². The van der Waals surface area contributed by atoms with Crippen LogP contribution in [0.4, 0.5) is 0 Å². The molecule has 1 unspecified atom stereocenters. The molecular weight excluding hydrogens is 372 g/mol. The van der Waals surface area contributed by atoms with Gasteiger partial charge in [0.2, 0.25) is 11.8 Å². The van der Waals surface area contributed by atoms with Crippen molar-refractivity contribution in [2.45, 2.75) is 57.2 Å². The molecule has 0 bridgehead atoms. The molecule has 2 heterocycles. The summed E-state index contributed by atoms with van der Waals surface area (Å²) < 4.78 is 0. The lowest BCUT2D eigenvalue weighted by Crippen LogP contribution is -2.52. The number of nitrogens with zero attached hydrogens (tertiary/aromatic N) is 1. The maximum atomic E-state index is 12.7. The maximum absolute atomic E-state index is 12.7. The number of imide groups is 1. The van der Waals surface area contributed by atoms with E-state index in [0.29, 0.717) is 30.0 Å². The summed E-state index contributed by atoms with van der Waals surface area (Å²) in [6.45, 7) is 0.865. The van der Waals surface area contributed by atoms with Crippen LogP contribution in [0.15, 0.2) is 18.2 Å². The summed E-state index contributed by atoms with van der Waals surface area (Å²) in [5.41, 5.74) is 7.75. The van der Waals surface area contributed by atoms with E-state index in [-0.39, 0.29) is 36.7 Å². The summed E-state index contributed by atoms with van der Waals surface area (Å²) in [6.07, 6.45) is 4.69. The summed E-state index contributed by atoms with van der Waals surface area (Å²) in [7, 11) is 0. The Balaban J connectivity index is 1.41. The van der Waals surface area contributed by atoms with Crippen LogP contribution in [0.3, 0.4) is 0 Å². The van der Waals surface area contributed by atoms with Gasteiger partial charge in [-0.05, 0) is 55.4 Å². The highest BCUT2D eigenvalue weighted by molar-refractivity contribution is 6.06. The molecule has 8 nitrogen and oxygen atoms in total. The number of hydrogen-bond acceptors (Lipinski definition) is 5. The van der Waals surface area contributed by atoms with Crippen molar-refractivity contribution in [3.63, 3.8) is 0 Å². The van der Waals surface area contributed by atoms with Crippen LogP contribution in [-0.2, 0) is 16.1 Å². The quantitative estimate of drug-likeness (QED) is 0.645. The number of carbonyl (C=O) groups excluding carboxylic acids is 4. The van der Waals surface area contributed by atoms with E-state index in [2.05, 4.69) is 10.6 Å². The van der Waals surface area contributed by atoms with Crippen LogP contribution in [0.25, 0.3) is 0 Å². The van der Waals surface area contributed by atoms with Gasteiger partial charge in [0, 0.05) is 36.7 Å². The summed E-state index contributed by atoms with van der Waals surface area (Å²) in [4.78, 5) is 50.3. The van der Waals surface area contributed by atoms with Crippen LogP contribution >= 0.6 is 0 Å². The van der Waals surface area contributed by atoms with Gasteiger partial charge in [0.25, 0.3) is 11.8 Å². The molecule has 0 radical (unpaired) electrons. The molecule has 1 saturated heterocycles. The molecule has 1 aromatic rings. The van der Waals surface area contributed by atoms with Gasteiger partial charge in [0.1, 0.15) is 6.04 Å². The van der Waals surface area contributed by atoms with Gasteiger partial charge in [0.05, 0.1) is 0 Å². The van der Waals surface area contributed by atoms with Gasteiger partial charge in [-0.15, -0.1) is 0 Å². The highest BCUT2D eigenvalue weighted by Crippen LogP contribution is 2.28. The van der Waals surface area contributed by atoms with Crippen molar-refractivity contribution in [3.8, 4) is 0 Å². The number of piperidine rings is 1. The number of fused-ring (bicyclic) bond motifs is 1. The zero-order valence-corrected chi connectivity index (χ0v) is 16.3. The Labute approximate surface area is 169 Å². The minimum atomic E-state index is -0.652. The van der Waals surface area contributed by atoms with E-state index in [1.165, 1.54) is 4.90 Å². The van der Waals surface area contributed by atoms with E-state index in [1.54, 1.807) is 18.2 Å². The van der Waals surface area contributed by atoms with Crippen molar-refractivity contribution in [2.75, 3.05) is 6.54 Å². The van der Waals surface area contributed by atoms with E-state index < -0.39 is 11.9 Å². The fourth-order valence-electron chi connectivity index (χ4n) is 4.57. The minimum absolute atomic E-state index is 0.168. The topological polar surface area (TPSA) is 122 Å². The Morgan fingerprint density at radius 3 is 2.79 bits per heavy atom. The lowest BCUT2D eigenvalue weighted by atomic mass is 9.86. The fraction of sp³-hybridized carbons (Fsp3) is 0.524. The second kappa shape index (κ2) is 7.94. The lowest BCUT2D eigenvalue weighted by Gasteiger charge is -2.29. The largest absolute Gasteiger partial charge is 0.352 e. The Morgan fingerprint density at radius 2 is 2.03 bits per heavy atom. The molecule has 4 N–H and O–H groups in total. The average molecular weight is 398 g/mol. The van der Waals surface area contributed by atoms with Crippen molar-refractivity contribution >= 4 is 23.6 Å². The molecular formula is C21H26N4O4. The highest BCUT2D eigenvalue weighted by Gasteiger charge is 2.39. The molecule has 1 saturated carbocycles. The molecule has 4 rings (SSSR count). The second-order valence-corrected chi connectivity index (χ2v) is 8.27. The number of nitrogens with one attached hydrogen (secondary N) is 2. The normalized spacial score (nSPS) is 26.9. The predicted octanol–water partition coefficient (Wildman–Crippen LogP) is 0.695. The number of amides is 4. The van der Waals surface area contributed by atoms with Crippen LogP contribution in [0, 0.1) is 5.92 Å². The molecule has 1 aromatic carbocycles. The number of carbonyl (C=O) groups is 4. The van der Waals surface area contributed by atoms with Crippen molar-refractivity contribution in [1.82, 2.24) is 15.5 Å². The standard InChI is InChI=1S/C21H26N4O4/c22-15-3-1-2-12(8-15)10-23-19(27)13-4-5-16-14(9-13)11-25(21(16)29)17-6-7-18(26)24-20(17)28/h4-5,9,12,15,17H,1-3,6-8,10-11,22H2,(H,23,27)(H,24,26,28)/t12-,15+,17?/m0/s1. The minimum Gasteiger partial charge on any atom is -0.352 e. The lowest BCUT2D eigenvalue weighted by molar-refractivity contribution is -0.136. The second-order valence-electron chi connectivity index (χ2n) is 8.27. The molecule has 2 aliphatic heterocycles. The zero-order chi connectivity index (χ0) is 20.5. The SMILES string of the molecule is N[C@@H]1CCC[C@H](CNC(=O)c2ccc3c(c2)CN(C2CCC(=O)NC2=O)C3=O)C1. The Hall–Kier alpha value is -2.74. The van der Waals surface area contributed by atoms with Gasteiger partial charge in [-0.2, -0.15) is 0 Å². The number of nitrogens with two attached hydrogens (primary N) is 1. The van der Waals surface area contributed by atoms with Gasteiger partial charge in [-0.3, -0.25) is 24.5 Å². The van der Waals surface area contributed by atoms with E-state index >= 15 is 0 Å². The van der Waals surface area contributed by atoms with Crippen LogP contribution in [0.2, 0.25) is 0 Å². The summed E-state index contributed by atoms with van der Waals surface area (Å²) in [5.74, 6) is -0.752. The number of rotatable bonds is 4. The molecule has 29 heavy (non-hydrogen) atoms. The molecule has 0 spiro atoms. The van der Waals surface area contributed by atoms with Crippen LogP contribution < -0.4 is 16.4 Å². The molecule has 4 amide bonds. The molecule has 2 fully saturated rings. The van der Waals surface area contributed by atoms with E-state index in [9.17, 15) is 19.2 Å². The van der Waals surface area contributed by atoms with Gasteiger partial charge in [-0.25, -0.2) is 0 Å². The Morgan fingerprint density at radius 1 is 1.21 bits per heavy atom. The first-order chi connectivity index (χ1) is 13.9. The third-order valence-corrected chi connectivity index (χ3v) is 6.16. The van der Waals surface area contributed by atoms with E-state index in [1.807, 2.05) is 0 Å². The third-order valence-electron chi connectivity index (χ3n) is 6.16. The van der Waals surface area contributed by atoms with Crippen molar-refractivity contribution in [1.29, 1.82) is 0 Å². The fourth-order valence-corrected chi connectivity index (χ4v) is 4.57. The van der Waals surface area contributed by atoms with Crippen LogP contribution in [-0.4, -0.2) is 47.2 Å². The van der Waals surface area contributed by atoms with Crippen LogP contribution in [0.1, 0.15) is 64.8 Å². The molecule has 154 valence electrons. The third kappa shape index (κ3) is 4.03. The monoisotopic (exact) mass is 398 g/mol. The van der Waals surface area contributed by atoms with Crippen molar-refractivity contribution in [3.05, 3.63) is 34.9 Å². The van der Waals surface area contributed by atoms with E-state index in [0.717, 1.165) is 31.2 Å². The summed E-state index contributed by atoms with van der Waals surface area (Å²) in [5, 5.41) is 5.27. The average Bonchev–Trinajstić information content (AvgIpc) is 3.02. The number of hydrogen-bond donors (Lipinski definition) is 3. The van der Waals surface area contributed by atoms with Gasteiger partial charge in [-0.1, -0.05) is 6.42 Å². The molecule has 0 aromatic heterocycles. The predicted molar refractivity (Wildman–Crippen MR) is 105 cm³/mol. The first kappa shape index (κ1) is 19.6. The Bertz CT molecular complexity index is 868. The smallest absolute Gasteiger partial charge is 0.255 e. The van der Waals surface area contributed by atoms with Gasteiger partial charge >= 0.3 is 0 Å². The zero-order valence-electron chi connectivity index (χ0n) is 16.3. The maximum Gasteiger partial charge on any atom is 0.255 e. The van der Waals surface area contributed by atoms with Gasteiger partial charge in [0.15, 0.2) is 0 Å². The highest BCUT2D eigenvalue weighted by atomic mass is 16.2. The molecule has 8 heteroatoms. The summed E-state index contributed by atoms with van der Waals surface area (Å²) in [6, 6.07) is 4.58. The summed E-state index contributed by atoms with van der Waals surface area (Å²) >= 11 is 0.